The number of ether oxygens (including phenoxy) is 1. The lowest BCUT2D eigenvalue weighted by Crippen LogP contribution is -2.51. The summed E-state index contributed by atoms with van der Waals surface area (Å²) in [6.45, 7) is 2.82. The number of nitrogens with zero attached hydrogens (tertiary/aromatic N) is 4. The topological polar surface area (TPSA) is 50.6 Å². The predicted octanol–water partition coefficient (Wildman–Crippen LogP) is 1.13. The molecular weight excluding hydrogens is 330 g/mol. The molecule has 2 unspecified atom stereocenters. The van der Waals surface area contributed by atoms with Gasteiger partial charge in [-0.15, -0.1) is 0 Å². The number of likely N-dealkylation sites (tertiary alicyclic amines) is 2. The Balaban J connectivity index is 1.53. The second-order valence-electron chi connectivity index (χ2n) is 7.68. The van der Waals surface area contributed by atoms with Crippen LogP contribution in [-0.4, -0.2) is 70.6 Å². The summed E-state index contributed by atoms with van der Waals surface area (Å²) < 4.78 is 34.8. The van der Waals surface area contributed by atoms with Crippen molar-refractivity contribution in [1.29, 1.82) is 0 Å². The molecule has 1 aromatic rings. The van der Waals surface area contributed by atoms with Gasteiger partial charge in [-0.25, -0.2) is 13.8 Å². The number of alkyl halides is 2. The first kappa shape index (κ1) is 16.9. The summed E-state index contributed by atoms with van der Waals surface area (Å²) >= 11 is 0. The monoisotopic (exact) mass is 354 g/mol. The molecule has 0 spiro atoms. The van der Waals surface area contributed by atoms with Gasteiger partial charge in [0.2, 0.25) is 5.91 Å². The average Bonchev–Trinajstić information content (AvgIpc) is 3.24. The number of carbonyl (C=O) groups is 1. The maximum Gasteiger partial charge on any atom is 0.267 e. The molecule has 0 aromatic carbocycles. The number of aromatic nitrogens is 2. The van der Waals surface area contributed by atoms with Crippen LogP contribution in [0, 0.1) is 11.3 Å². The van der Waals surface area contributed by atoms with Gasteiger partial charge >= 0.3 is 0 Å². The molecule has 0 bridgehead atoms. The van der Waals surface area contributed by atoms with Crippen LogP contribution in [0.1, 0.15) is 18.5 Å². The van der Waals surface area contributed by atoms with Crippen LogP contribution >= 0.6 is 0 Å². The molecule has 2 atom stereocenters. The molecule has 3 aliphatic heterocycles. The van der Waals surface area contributed by atoms with E-state index >= 15 is 0 Å². The lowest BCUT2D eigenvalue weighted by Gasteiger charge is -2.39. The van der Waals surface area contributed by atoms with Crippen molar-refractivity contribution in [3.63, 3.8) is 0 Å². The minimum absolute atomic E-state index is 0.0659. The van der Waals surface area contributed by atoms with E-state index in [2.05, 4.69) is 9.88 Å². The van der Waals surface area contributed by atoms with Crippen molar-refractivity contribution in [3.05, 3.63) is 18.2 Å². The van der Waals surface area contributed by atoms with Gasteiger partial charge in [-0.3, -0.25) is 9.69 Å². The molecule has 1 amide bonds. The molecule has 0 saturated carbocycles. The lowest BCUT2D eigenvalue weighted by atomic mass is 9.73. The van der Waals surface area contributed by atoms with E-state index in [4.69, 9.17) is 4.74 Å². The molecule has 3 aliphatic rings. The zero-order chi connectivity index (χ0) is 17.7. The summed E-state index contributed by atoms with van der Waals surface area (Å²) in [4.78, 5) is 21.0. The van der Waals surface area contributed by atoms with Gasteiger partial charge in [-0.05, 0) is 6.42 Å². The minimum Gasteiger partial charge on any atom is -0.381 e. The summed E-state index contributed by atoms with van der Waals surface area (Å²) in [5.41, 5.74) is 0.493. The standard InChI is InChI=1S/C17H24F2N4O2/c1-21-12-20-6-14(21)8-22-7-13-9-25-5-3-16(13,10-22)15(24)23-4-2-17(18,19)11-23/h6,12-13H,2-5,7-11H2,1H3. The Labute approximate surface area is 145 Å². The second-order valence-corrected chi connectivity index (χ2v) is 7.68. The third-order valence-corrected chi connectivity index (χ3v) is 5.96. The largest absolute Gasteiger partial charge is 0.381 e. The summed E-state index contributed by atoms with van der Waals surface area (Å²) in [7, 11) is 1.95. The van der Waals surface area contributed by atoms with E-state index in [1.165, 1.54) is 4.90 Å². The molecule has 138 valence electrons. The number of hydrogen-bond acceptors (Lipinski definition) is 4. The van der Waals surface area contributed by atoms with E-state index in [1.807, 2.05) is 17.8 Å². The van der Waals surface area contributed by atoms with E-state index in [-0.39, 0.29) is 24.8 Å². The Morgan fingerprint density at radius 1 is 1.40 bits per heavy atom. The summed E-state index contributed by atoms with van der Waals surface area (Å²) in [6, 6.07) is 0. The van der Waals surface area contributed by atoms with Gasteiger partial charge in [0.05, 0.1) is 30.6 Å². The molecule has 4 rings (SSSR count). The number of halogens is 2. The molecule has 0 aliphatic carbocycles. The minimum atomic E-state index is -2.75. The zero-order valence-corrected chi connectivity index (χ0v) is 14.5. The molecule has 4 heterocycles. The lowest BCUT2D eigenvalue weighted by molar-refractivity contribution is -0.151. The van der Waals surface area contributed by atoms with Gasteiger partial charge in [-0.1, -0.05) is 0 Å². The molecule has 0 N–H and O–H groups in total. The van der Waals surface area contributed by atoms with Crippen LogP contribution < -0.4 is 0 Å². The maximum atomic E-state index is 13.6. The summed E-state index contributed by atoms with van der Waals surface area (Å²) in [5, 5.41) is 0. The average molecular weight is 354 g/mol. The van der Waals surface area contributed by atoms with Crippen molar-refractivity contribution in [2.24, 2.45) is 18.4 Å². The van der Waals surface area contributed by atoms with Crippen LogP contribution in [0.2, 0.25) is 0 Å². The molecule has 25 heavy (non-hydrogen) atoms. The molecular formula is C17H24F2N4O2. The first-order chi connectivity index (χ1) is 11.9. The second kappa shape index (κ2) is 6.02. The number of aryl methyl sites for hydroxylation is 1. The zero-order valence-electron chi connectivity index (χ0n) is 14.5. The van der Waals surface area contributed by atoms with Gasteiger partial charge < -0.3 is 14.2 Å². The Morgan fingerprint density at radius 3 is 2.92 bits per heavy atom. The number of hydrogen-bond donors (Lipinski definition) is 0. The van der Waals surface area contributed by atoms with Crippen molar-refractivity contribution in [2.75, 3.05) is 39.4 Å². The van der Waals surface area contributed by atoms with Crippen LogP contribution in [0.4, 0.5) is 8.78 Å². The van der Waals surface area contributed by atoms with E-state index in [0.29, 0.717) is 32.7 Å². The van der Waals surface area contributed by atoms with Crippen LogP contribution in [0.15, 0.2) is 12.5 Å². The highest BCUT2D eigenvalue weighted by Crippen LogP contribution is 2.45. The first-order valence-electron chi connectivity index (χ1n) is 8.82. The van der Waals surface area contributed by atoms with Gasteiger partial charge in [0, 0.05) is 58.4 Å². The Bertz CT molecular complexity index is 665. The molecule has 3 saturated heterocycles. The highest BCUT2D eigenvalue weighted by molar-refractivity contribution is 5.84. The highest BCUT2D eigenvalue weighted by Gasteiger charge is 2.56. The number of carbonyl (C=O) groups excluding carboxylic acids is 1. The normalized spacial score (nSPS) is 32.1. The number of rotatable bonds is 3. The predicted molar refractivity (Wildman–Crippen MR) is 86.0 cm³/mol. The Morgan fingerprint density at radius 2 is 2.24 bits per heavy atom. The smallest absolute Gasteiger partial charge is 0.267 e. The van der Waals surface area contributed by atoms with Crippen molar-refractivity contribution in [3.8, 4) is 0 Å². The van der Waals surface area contributed by atoms with Crippen molar-refractivity contribution in [2.45, 2.75) is 25.3 Å². The summed E-state index contributed by atoms with van der Waals surface area (Å²) in [6.07, 6.45) is 3.97. The van der Waals surface area contributed by atoms with E-state index < -0.39 is 17.9 Å². The Kier molecular flexibility index (Phi) is 4.07. The molecule has 1 aromatic heterocycles. The highest BCUT2D eigenvalue weighted by atomic mass is 19.3. The molecule has 6 nitrogen and oxygen atoms in total. The SMILES string of the molecule is Cn1cncc1CN1CC2COCCC2(C(=O)N2CCC(F)(F)C2)C1. The molecule has 0 radical (unpaired) electrons. The van der Waals surface area contributed by atoms with Gasteiger partial charge in [-0.2, -0.15) is 0 Å². The van der Waals surface area contributed by atoms with Crippen LogP contribution in [0.5, 0.6) is 0 Å². The van der Waals surface area contributed by atoms with E-state index in [1.54, 1.807) is 6.33 Å². The van der Waals surface area contributed by atoms with Crippen LogP contribution in [0.3, 0.4) is 0 Å². The van der Waals surface area contributed by atoms with Gasteiger partial charge in [0.15, 0.2) is 0 Å². The Hall–Kier alpha value is -1.54. The van der Waals surface area contributed by atoms with Crippen molar-refractivity contribution < 1.29 is 18.3 Å². The van der Waals surface area contributed by atoms with Crippen molar-refractivity contribution >= 4 is 5.91 Å². The maximum absolute atomic E-state index is 13.6. The molecule has 8 heteroatoms. The van der Waals surface area contributed by atoms with Gasteiger partial charge in [0.25, 0.3) is 5.92 Å². The first-order valence-corrected chi connectivity index (χ1v) is 8.82. The number of fused-ring (bicyclic) bond motifs is 1. The summed E-state index contributed by atoms with van der Waals surface area (Å²) in [5.74, 6) is -2.79. The van der Waals surface area contributed by atoms with Crippen molar-refractivity contribution in [1.82, 2.24) is 19.4 Å². The quantitative estimate of drug-likeness (QED) is 0.817. The fraction of sp³-hybridized carbons (Fsp3) is 0.765. The fourth-order valence-corrected chi connectivity index (χ4v) is 4.51. The van der Waals surface area contributed by atoms with E-state index in [0.717, 1.165) is 12.2 Å². The third-order valence-electron chi connectivity index (χ3n) is 5.96. The number of amides is 1. The molecule has 3 fully saturated rings. The van der Waals surface area contributed by atoms with E-state index in [9.17, 15) is 13.6 Å². The van der Waals surface area contributed by atoms with Gasteiger partial charge in [0.1, 0.15) is 0 Å². The number of imidazole rings is 1. The van der Waals surface area contributed by atoms with Crippen LogP contribution in [-0.2, 0) is 23.1 Å². The van der Waals surface area contributed by atoms with Crippen LogP contribution in [0.25, 0.3) is 0 Å². The third kappa shape index (κ3) is 2.95. The fourth-order valence-electron chi connectivity index (χ4n) is 4.51.